The number of Topliss-reactive ketones (excluding diaryl/α,β-unsaturated/α-hetero) is 1. The summed E-state index contributed by atoms with van der Waals surface area (Å²) in [5, 5.41) is 0. The Morgan fingerprint density at radius 1 is 1.18 bits per heavy atom. The second kappa shape index (κ2) is 5.11. The maximum absolute atomic E-state index is 12.5. The Bertz CT molecular complexity index is 606. The molecule has 0 unspecified atom stereocenters. The molecule has 1 aromatic rings. The van der Waals surface area contributed by atoms with Gasteiger partial charge in [0.05, 0.1) is 7.11 Å². The van der Waals surface area contributed by atoms with Gasteiger partial charge in [0.15, 0.2) is 0 Å². The lowest BCUT2D eigenvalue weighted by atomic mass is 9.50. The van der Waals surface area contributed by atoms with Crippen LogP contribution < -0.4 is 4.74 Å². The zero-order valence-electron chi connectivity index (χ0n) is 13.7. The Kier molecular flexibility index (Phi) is 3.32. The van der Waals surface area contributed by atoms with Crippen LogP contribution in [0, 0.1) is 17.3 Å². The first kappa shape index (κ1) is 14.3. The van der Waals surface area contributed by atoms with Crippen LogP contribution >= 0.6 is 0 Å². The number of hydrogen-bond donors (Lipinski definition) is 0. The maximum Gasteiger partial charge on any atom is 0.139 e. The van der Waals surface area contributed by atoms with Gasteiger partial charge in [-0.05, 0) is 79.5 Å². The van der Waals surface area contributed by atoms with E-state index in [0.717, 1.165) is 31.4 Å². The van der Waals surface area contributed by atoms with Crippen LogP contribution in [0.15, 0.2) is 18.2 Å². The second-order valence-electron chi connectivity index (χ2n) is 7.75. The summed E-state index contributed by atoms with van der Waals surface area (Å²) >= 11 is 0. The van der Waals surface area contributed by atoms with Gasteiger partial charge in [-0.3, -0.25) is 4.79 Å². The first-order chi connectivity index (χ1) is 10.6. The fourth-order valence-corrected chi connectivity index (χ4v) is 5.65. The van der Waals surface area contributed by atoms with Crippen LogP contribution in [0.3, 0.4) is 0 Å². The predicted octanol–water partition coefficient (Wildman–Crippen LogP) is 4.51. The Labute approximate surface area is 133 Å². The third-order valence-electron chi connectivity index (χ3n) is 6.88. The molecule has 0 radical (unpaired) electrons. The highest BCUT2D eigenvalue weighted by Crippen LogP contribution is 2.58. The molecular formula is C20H26O2. The van der Waals surface area contributed by atoms with Crippen LogP contribution in [-0.2, 0) is 11.2 Å². The molecule has 4 rings (SSSR count). The summed E-state index contributed by atoms with van der Waals surface area (Å²) in [6.07, 6.45) is 7.85. The lowest BCUT2D eigenvalue weighted by Crippen LogP contribution is -2.49. The highest BCUT2D eigenvalue weighted by Gasteiger charge is 2.52. The molecule has 2 fully saturated rings. The van der Waals surface area contributed by atoms with Crippen LogP contribution in [-0.4, -0.2) is 12.9 Å². The van der Waals surface area contributed by atoms with Crippen molar-refractivity contribution in [3.8, 4) is 5.75 Å². The lowest BCUT2D eigenvalue weighted by Gasteiger charge is -2.53. The van der Waals surface area contributed by atoms with Crippen LogP contribution in [0.5, 0.6) is 5.75 Å². The fraction of sp³-hybridized carbons (Fsp3) is 0.650. The third-order valence-corrected chi connectivity index (χ3v) is 6.88. The average molecular weight is 298 g/mol. The highest BCUT2D eigenvalue weighted by molar-refractivity contribution is 5.85. The van der Waals surface area contributed by atoms with Crippen LogP contribution in [0.1, 0.15) is 62.5 Å². The number of carbonyl (C=O) groups is 1. The fourth-order valence-electron chi connectivity index (χ4n) is 5.65. The number of hydrogen-bond acceptors (Lipinski definition) is 2. The molecule has 0 bridgehead atoms. The number of benzene rings is 1. The van der Waals surface area contributed by atoms with E-state index >= 15 is 0 Å². The molecule has 0 aromatic heterocycles. The zero-order valence-corrected chi connectivity index (χ0v) is 13.7. The van der Waals surface area contributed by atoms with Gasteiger partial charge < -0.3 is 4.74 Å². The minimum Gasteiger partial charge on any atom is -0.497 e. The molecule has 0 amide bonds. The van der Waals surface area contributed by atoms with Crippen molar-refractivity contribution < 1.29 is 9.53 Å². The molecule has 0 heterocycles. The van der Waals surface area contributed by atoms with Gasteiger partial charge in [0.2, 0.25) is 0 Å². The standard InChI is InChI=1S/C20H26O2/c1-20-11-10-16-15-9-7-14(22-2)12-13(15)6-8-17(16)18(20)4-3-5-19(20)21/h7,9,12,16-18H,3-6,8,10-11H2,1-2H3/t16-,17-,18+,20-/m1/s1. The molecule has 3 aliphatic rings. The molecule has 0 aliphatic heterocycles. The van der Waals surface area contributed by atoms with Gasteiger partial charge in [-0.1, -0.05) is 13.0 Å². The Hall–Kier alpha value is -1.31. The van der Waals surface area contributed by atoms with Crippen molar-refractivity contribution >= 4 is 5.78 Å². The Morgan fingerprint density at radius 3 is 2.86 bits per heavy atom. The maximum atomic E-state index is 12.5. The quantitative estimate of drug-likeness (QED) is 0.762. The molecule has 3 aliphatic carbocycles. The van der Waals surface area contributed by atoms with E-state index in [2.05, 4.69) is 25.1 Å². The third kappa shape index (κ3) is 1.96. The van der Waals surface area contributed by atoms with Crippen molar-refractivity contribution in [3.05, 3.63) is 29.3 Å². The molecule has 1 aromatic carbocycles. The van der Waals surface area contributed by atoms with Gasteiger partial charge >= 0.3 is 0 Å². The normalized spacial score (nSPS) is 37.0. The zero-order chi connectivity index (χ0) is 15.3. The molecular weight excluding hydrogens is 272 g/mol. The summed E-state index contributed by atoms with van der Waals surface area (Å²) in [6, 6.07) is 6.63. The van der Waals surface area contributed by atoms with Crippen molar-refractivity contribution in [1.82, 2.24) is 0 Å². The SMILES string of the molecule is COc1ccc2c(c1)CC[C@@H]1[C@@H]2CC[C@@]2(C)C(=O)CCC[C@@H]12. The first-order valence-electron chi connectivity index (χ1n) is 8.83. The molecule has 0 saturated heterocycles. The molecule has 22 heavy (non-hydrogen) atoms. The summed E-state index contributed by atoms with van der Waals surface area (Å²) in [5.74, 6) is 3.51. The van der Waals surface area contributed by atoms with Crippen molar-refractivity contribution in [1.29, 1.82) is 0 Å². The second-order valence-corrected chi connectivity index (χ2v) is 7.75. The number of aryl methyl sites for hydroxylation is 1. The monoisotopic (exact) mass is 298 g/mol. The summed E-state index contributed by atoms with van der Waals surface area (Å²) in [6.45, 7) is 2.26. The van der Waals surface area contributed by atoms with Crippen LogP contribution in [0.2, 0.25) is 0 Å². The van der Waals surface area contributed by atoms with Gasteiger partial charge in [-0.25, -0.2) is 0 Å². The summed E-state index contributed by atoms with van der Waals surface area (Å²) in [7, 11) is 1.74. The minimum absolute atomic E-state index is 0.0244. The van der Waals surface area contributed by atoms with E-state index in [9.17, 15) is 4.79 Å². The number of carbonyl (C=O) groups excluding carboxylic acids is 1. The van der Waals surface area contributed by atoms with Gasteiger partial charge in [0, 0.05) is 11.8 Å². The molecule has 118 valence electrons. The van der Waals surface area contributed by atoms with E-state index in [1.807, 2.05) is 0 Å². The average Bonchev–Trinajstić information content (AvgIpc) is 2.55. The van der Waals surface area contributed by atoms with E-state index < -0.39 is 0 Å². The number of ketones is 1. The van der Waals surface area contributed by atoms with E-state index in [-0.39, 0.29) is 5.41 Å². The Morgan fingerprint density at radius 2 is 2.05 bits per heavy atom. The Balaban J connectivity index is 1.69. The van der Waals surface area contributed by atoms with Crippen molar-refractivity contribution in [2.24, 2.45) is 17.3 Å². The summed E-state index contributed by atoms with van der Waals surface area (Å²) < 4.78 is 5.39. The number of fused-ring (bicyclic) bond motifs is 5. The smallest absolute Gasteiger partial charge is 0.139 e. The van der Waals surface area contributed by atoms with Crippen LogP contribution in [0.4, 0.5) is 0 Å². The van der Waals surface area contributed by atoms with E-state index in [1.54, 1.807) is 7.11 Å². The summed E-state index contributed by atoms with van der Waals surface area (Å²) in [4.78, 5) is 12.5. The largest absolute Gasteiger partial charge is 0.497 e. The van der Waals surface area contributed by atoms with Crippen LogP contribution in [0.25, 0.3) is 0 Å². The number of methoxy groups -OCH3 is 1. The van der Waals surface area contributed by atoms with Crippen molar-refractivity contribution in [3.63, 3.8) is 0 Å². The minimum atomic E-state index is -0.0244. The van der Waals surface area contributed by atoms with Gasteiger partial charge in [-0.2, -0.15) is 0 Å². The molecule has 2 saturated carbocycles. The number of rotatable bonds is 1. The van der Waals surface area contributed by atoms with E-state index in [1.165, 1.54) is 30.4 Å². The molecule has 2 heteroatoms. The van der Waals surface area contributed by atoms with Crippen molar-refractivity contribution in [2.75, 3.05) is 7.11 Å². The van der Waals surface area contributed by atoms with Gasteiger partial charge in [0.25, 0.3) is 0 Å². The molecule has 0 N–H and O–H groups in total. The summed E-state index contributed by atoms with van der Waals surface area (Å²) in [5.41, 5.74) is 2.99. The molecule has 0 spiro atoms. The predicted molar refractivity (Wildman–Crippen MR) is 87.2 cm³/mol. The van der Waals surface area contributed by atoms with Gasteiger partial charge in [0.1, 0.15) is 11.5 Å². The van der Waals surface area contributed by atoms with Crippen molar-refractivity contribution in [2.45, 2.75) is 57.8 Å². The first-order valence-corrected chi connectivity index (χ1v) is 8.83. The number of ether oxygens (including phenoxy) is 1. The van der Waals surface area contributed by atoms with E-state index in [4.69, 9.17) is 4.74 Å². The lowest BCUT2D eigenvalue weighted by molar-refractivity contribution is -0.140. The highest BCUT2D eigenvalue weighted by atomic mass is 16.5. The topological polar surface area (TPSA) is 26.3 Å². The molecule has 4 atom stereocenters. The van der Waals surface area contributed by atoms with Gasteiger partial charge in [-0.15, -0.1) is 0 Å². The molecule has 2 nitrogen and oxygen atoms in total. The van der Waals surface area contributed by atoms with E-state index in [0.29, 0.717) is 23.5 Å².